The van der Waals surface area contributed by atoms with Crippen LogP contribution in [0.2, 0.25) is 0 Å². The Balaban J connectivity index is 2.00. The molecule has 1 unspecified atom stereocenters. The molecular formula is C18H23N3O4. The van der Waals surface area contributed by atoms with Crippen LogP contribution in [-0.2, 0) is 6.54 Å². The van der Waals surface area contributed by atoms with Crippen molar-refractivity contribution in [3.63, 3.8) is 0 Å². The Morgan fingerprint density at radius 3 is 2.52 bits per heavy atom. The van der Waals surface area contributed by atoms with Gasteiger partial charge in [0.2, 0.25) is 0 Å². The Morgan fingerprint density at radius 1 is 1.24 bits per heavy atom. The van der Waals surface area contributed by atoms with E-state index in [1.165, 1.54) is 22.9 Å². The lowest BCUT2D eigenvalue weighted by Crippen LogP contribution is -2.33. The van der Waals surface area contributed by atoms with Crippen LogP contribution in [0.3, 0.4) is 0 Å². The van der Waals surface area contributed by atoms with Crippen LogP contribution in [0, 0.1) is 17.0 Å². The van der Waals surface area contributed by atoms with Crippen LogP contribution in [0.5, 0.6) is 0 Å². The Kier molecular flexibility index (Phi) is 6.44. The Morgan fingerprint density at radius 2 is 1.92 bits per heavy atom. The first kappa shape index (κ1) is 18.8. The fraction of sp³-hybridized carbons (Fsp3) is 0.389. The lowest BCUT2D eigenvalue weighted by molar-refractivity contribution is -0.385. The van der Waals surface area contributed by atoms with Crippen molar-refractivity contribution in [1.29, 1.82) is 0 Å². The van der Waals surface area contributed by atoms with E-state index in [1.807, 2.05) is 43.0 Å². The molecule has 1 N–H and O–H groups in total. The molecule has 0 saturated carbocycles. The fourth-order valence-corrected chi connectivity index (χ4v) is 2.57. The molecule has 0 amide bonds. The van der Waals surface area contributed by atoms with Gasteiger partial charge in [-0.3, -0.25) is 19.8 Å². The van der Waals surface area contributed by atoms with E-state index in [9.17, 15) is 20.0 Å². The highest BCUT2D eigenvalue weighted by Gasteiger charge is 2.13. The molecule has 0 aliphatic carbocycles. The van der Waals surface area contributed by atoms with E-state index >= 15 is 0 Å². The molecule has 1 aromatic carbocycles. The zero-order chi connectivity index (χ0) is 18.4. The normalized spacial score (nSPS) is 12.3. The molecule has 0 aliphatic rings. The van der Waals surface area contributed by atoms with Crippen LogP contribution in [0.1, 0.15) is 24.2 Å². The highest BCUT2D eigenvalue weighted by molar-refractivity contribution is 5.25. The Labute approximate surface area is 146 Å². The van der Waals surface area contributed by atoms with Gasteiger partial charge in [-0.25, -0.2) is 0 Å². The summed E-state index contributed by atoms with van der Waals surface area (Å²) in [6.45, 7) is 5.94. The van der Waals surface area contributed by atoms with Gasteiger partial charge in [-0.15, -0.1) is 0 Å². The molecule has 7 nitrogen and oxygen atoms in total. The molecule has 0 spiro atoms. The van der Waals surface area contributed by atoms with Crippen LogP contribution < -0.4 is 5.56 Å². The predicted molar refractivity (Wildman–Crippen MR) is 95.6 cm³/mol. The third-order valence-electron chi connectivity index (χ3n) is 4.18. The van der Waals surface area contributed by atoms with E-state index in [4.69, 9.17) is 0 Å². The smallest absolute Gasteiger partial charge is 0.285 e. The van der Waals surface area contributed by atoms with Gasteiger partial charge in [0.1, 0.15) is 0 Å². The van der Waals surface area contributed by atoms with Gasteiger partial charge in [0.05, 0.1) is 17.2 Å². The van der Waals surface area contributed by atoms with Crippen molar-refractivity contribution < 1.29 is 10.0 Å². The standard InChI is InChI=1S/C18H23N3O4/c1-3-19(13-17(22)15-6-4-14(2)5-7-15)10-11-20-12-16(21(24)25)8-9-18(20)23/h4-9,12,17,22H,3,10-11,13H2,1-2H3. The lowest BCUT2D eigenvalue weighted by Gasteiger charge is -2.24. The van der Waals surface area contributed by atoms with E-state index in [2.05, 4.69) is 0 Å². The number of pyridine rings is 1. The Hall–Kier alpha value is -2.51. The number of aryl methyl sites for hydroxylation is 1. The summed E-state index contributed by atoms with van der Waals surface area (Å²) in [5, 5.41) is 21.2. The molecule has 25 heavy (non-hydrogen) atoms. The first-order valence-corrected chi connectivity index (χ1v) is 8.22. The number of rotatable bonds is 8. The molecule has 1 heterocycles. The average molecular weight is 345 g/mol. The number of nitrogens with zero attached hydrogens (tertiary/aromatic N) is 3. The SMILES string of the molecule is CCN(CCn1cc([N+](=O)[O-])ccc1=O)CC(O)c1ccc(C)cc1. The molecular weight excluding hydrogens is 322 g/mol. The molecule has 0 radical (unpaired) electrons. The van der Waals surface area contributed by atoms with Crippen molar-refractivity contribution in [2.24, 2.45) is 0 Å². The van der Waals surface area contributed by atoms with Crippen molar-refractivity contribution in [1.82, 2.24) is 9.47 Å². The summed E-state index contributed by atoms with van der Waals surface area (Å²) in [5.74, 6) is 0. The van der Waals surface area contributed by atoms with Gasteiger partial charge in [-0.05, 0) is 19.0 Å². The van der Waals surface area contributed by atoms with E-state index in [0.717, 1.165) is 11.1 Å². The molecule has 0 bridgehead atoms. The van der Waals surface area contributed by atoms with Crippen molar-refractivity contribution in [2.45, 2.75) is 26.5 Å². The molecule has 1 atom stereocenters. The number of hydrogen-bond donors (Lipinski definition) is 1. The van der Waals surface area contributed by atoms with Crippen LogP contribution in [0.4, 0.5) is 5.69 Å². The summed E-state index contributed by atoms with van der Waals surface area (Å²) < 4.78 is 1.33. The number of aliphatic hydroxyl groups is 1. The van der Waals surface area contributed by atoms with Crippen molar-refractivity contribution in [3.05, 3.63) is 74.2 Å². The monoisotopic (exact) mass is 345 g/mol. The minimum Gasteiger partial charge on any atom is -0.387 e. The van der Waals surface area contributed by atoms with Crippen LogP contribution in [0.25, 0.3) is 0 Å². The number of nitro groups is 1. The summed E-state index contributed by atoms with van der Waals surface area (Å²) in [4.78, 5) is 24.2. The van der Waals surface area contributed by atoms with Gasteiger partial charge in [-0.1, -0.05) is 36.8 Å². The van der Waals surface area contributed by atoms with E-state index < -0.39 is 11.0 Å². The third-order valence-corrected chi connectivity index (χ3v) is 4.18. The summed E-state index contributed by atoms with van der Waals surface area (Å²) in [5.41, 5.74) is 1.59. The number of aliphatic hydroxyl groups excluding tert-OH is 1. The zero-order valence-corrected chi connectivity index (χ0v) is 14.5. The highest BCUT2D eigenvalue weighted by Crippen LogP contribution is 2.15. The van der Waals surface area contributed by atoms with Crippen molar-refractivity contribution in [3.8, 4) is 0 Å². The lowest BCUT2D eigenvalue weighted by atomic mass is 10.1. The van der Waals surface area contributed by atoms with Crippen LogP contribution in [-0.4, -0.2) is 39.1 Å². The van der Waals surface area contributed by atoms with Crippen molar-refractivity contribution in [2.75, 3.05) is 19.6 Å². The molecule has 1 aromatic heterocycles. The summed E-state index contributed by atoms with van der Waals surface area (Å²) in [6.07, 6.45) is 0.634. The molecule has 0 aliphatic heterocycles. The second kappa shape index (κ2) is 8.55. The highest BCUT2D eigenvalue weighted by atomic mass is 16.6. The maximum absolute atomic E-state index is 11.8. The Bertz CT molecular complexity index is 771. The second-order valence-electron chi connectivity index (χ2n) is 6.00. The number of benzene rings is 1. The van der Waals surface area contributed by atoms with Crippen molar-refractivity contribution >= 4 is 5.69 Å². The first-order valence-electron chi connectivity index (χ1n) is 8.22. The predicted octanol–water partition coefficient (Wildman–Crippen LogP) is 2.12. The minimum atomic E-state index is -0.623. The van der Waals surface area contributed by atoms with E-state index in [-0.39, 0.29) is 11.2 Å². The molecule has 2 aromatic rings. The quantitative estimate of drug-likeness (QED) is 0.585. The van der Waals surface area contributed by atoms with Crippen LogP contribution in [0.15, 0.2) is 47.4 Å². The largest absolute Gasteiger partial charge is 0.387 e. The first-order chi connectivity index (χ1) is 11.9. The number of hydrogen-bond acceptors (Lipinski definition) is 5. The summed E-state index contributed by atoms with van der Waals surface area (Å²) in [7, 11) is 0. The topological polar surface area (TPSA) is 88.6 Å². The number of likely N-dealkylation sites (N-methyl/N-ethyl adjacent to an activating group) is 1. The van der Waals surface area contributed by atoms with Gasteiger partial charge >= 0.3 is 0 Å². The molecule has 134 valence electrons. The van der Waals surface area contributed by atoms with Gasteiger partial charge < -0.3 is 9.67 Å². The molecule has 2 rings (SSSR count). The molecule has 0 fully saturated rings. The van der Waals surface area contributed by atoms with Gasteiger partial charge in [0.25, 0.3) is 11.2 Å². The molecule has 7 heteroatoms. The van der Waals surface area contributed by atoms with E-state index in [0.29, 0.717) is 26.2 Å². The summed E-state index contributed by atoms with van der Waals surface area (Å²) in [6, 6.07) is 10.1. The summed E-state index contributed by atoms with van der Waals surface area (Å²) >= 11 is 0. The third kappa shape index (κ3) is 5.23. The number of aromatic nitrogens is 1. The maximum atomic E-state index is 11.8. The van der Waals surface area contributed by atoms with Gasteiger partial charge in [0.15, 0.2) is 0 Å². The van der Waals surface area contributed by atoms with E-state index in [1.54, 1.807) is 0 Å². The average Bonchev–Trinajstić information content (AvgIpc) is 2.59. The maximum Gasteiger partial charge on any atom is 0.285 e. The van der Waals surface area contributed by atoms with Crippen LogP contribution >= 0.6 is 0 Å². The minimum absolute atomic E-state index is 0.109. The molecule has 0 saturated heterocycles. The zero-order valence-electron chi connectivity index (χ0n) is 14.5. The second-order valence-corrected chi connectivity index (χ2v) is 6.00. The van der Waals surface area contributed by atoms with Gasteiger partial charge in [-0.2, -0.15) is 0 Å². The fourth-order valence-electron chi connectivity index (χ4n) is 2.57. The van der Waals surface area contributed by atoms with Gasteiger partial charge in [0, 0.05) is 31.8 Å².